The number of pyridine rings is 1. The fraction of sp³-hybridized carbons (Fsp3) is 0.0455. The molecule has 0 amide bonds. The molecule has 6 aromatic carbocycles. The number of aromatic nitrogens is 3. The van der Waals surface area contributed by atoms with Crippen LogP contribution in [0.5, 0.6) is 0 Å². The molecule has 0 saturated heterocycles. The molecule has 8 rings (SSSR count). The molecule has 2 aromatic heterocycles. The Kier molecular flexibility index (Phi) is 8.44. The standard InChI is InChI=1S/C44H20F6N6/c45-43(46,47)30-17-28(18-31(20-30)44(48,49)50)32-5-1-2-6-33(32)41-35-19-29(23-53)40-42(37(35)34-7-3-4-8-36(34)54-41)56-39(27-15-11-25(22-52)12-16-27)38(55-40)26-13-9-24(21-51)10-14-26/h1-20H. The fourth-order valence-corrected chi connectivity index (χ4v) is 6.78. The Morgan fingerprint density at radius 3 is 1.50 bits per heavy atom. The Labute approximate surface area is 313 Å². The molecular formula is C44H20F6N6. The molecule has 0 aliphatic rings. The van der Waals surface area contributed by atoms with E-state index in [0.717, 1.165) is 0 Å². The number of fused-ring (bicyclic) bond motifs is 5. The summed E-state index contributed by atoms with van der Waals surface area (Å²) in [7, 11) is 0. The molecule has 8 aromatic rings. The first-order chi connectivity index (χ1) is 26.9. The Hall–Kier alpha value is -7.62. The van der Waals surface area contributed by atoms with Crippen LogP contribution in [0.15, 0.2) is 121 Å². The number of halogens is 6. The van der Waals surface area contributed by atoms with Crippen molar-refractivity contribution in [2.75, 3.05) is 0 Å². The minimum absolute atomic E-state index is 0.0484. The zero-order valence-electron chi connectivity index (χ0n) is 28.5. The van der Waals surface area contributed by atoms with Gasteiger partial charge in [-0.25, -0.2) is 15.0 Å². The smallest absolute Gasteiger partial charge is 0.247 e. The number of nitriles is 3. The van der Waals surface area contributed by atoms with E-state index in [4.69, 9.17) is 15.0 Å². The van der Waals surface area contributed by atoms with Gasteiger partial charge in [-0.2, -0.15) is 42.1 Å². The topological polar surface area (TPSA) is 110 Å². The van der Waals surface area contributed by atoms with Crippen LogP contribution in [0.4, 0.5) is 26.3 Å². The number of para-hydroxylation sites is 1. The van der Waals surface area contributed by atoms with Crippen LogP contribution in [0, 0.1) is 34.0 Å². The highest BCUT2D eigenvalue weighted by atomic mass is 19.4. The third kappa shape index (κ3) is 6.17. The molecule has 0 fully saturated rings. The highest BCUT2D eigenvalue weighted by Gasteiger charge is 2.37. The first kappa shape index (κ1) is 35.4. The molecule has 12 heteroatoms. The second-order valence-corrected chi connectivity index (χ2v) is 12.8. The minimum Gasteiger partial charge on any atom is -0.247 e. The van der Waals surface area contributed by atoms with Gasteiger partial charge in [-0.05, 0) is 65.7 Å². The number of hydrogen-bond acceptors (Lipinski definition) is 6. The van der Waals surface area contributed by atoms with Crippen molar-refractivity contribution in [2.45, 2.75) is 12.4 Å². The van der Waals surface area contributed by atoms with Crippen molar-refractivity contribution in [3.05, 3.63) is 149 Å². The second-order valence-electron chi connectivity index (χ2n) is 12.8. The molecule has 0 aliphatic carbocycles. The molecule has 0 saturated carbocycles. The molecule has 0 radical (unpaired) electrons. The van der Waals surface area contributed by atoms with E-state index in [0.29, 0.717) is 67.4 Å². The Morgan fingerprint density at radius 1 is 0.446 bits per heavy atom. The van der Waals surface area contributed by atoms with Crippen molar-refractivity contribution < 1.29 is 26.3 Å². The lowest BCUT2D eigenvalue weighted by Gasteiger charge is -2.18. The van der Waals surface area contributed by atoms with Gasteiger partial charge in [0.1, 0.15) is 11.6 Å². The Bertz CT molecular complexity index is 2990. The van der Waals surface area contributed by atoms with Crippen molar-refractivity contribution in [1.82, 2.24) is 15.0 Å². The zero-order valence-corrected chi connectivity index (χ0v) is 28.5. The SMILES string of the molecule is N#Cc1ccc(-c2nc3c(C#N)cc4c(-c5ccccc5-c5cc(C(F)(F)F)cc(C(F)(F)F)c5)nc5ccccc5c4c3nc2-c2ccc(C#N)cc2)cc1. The van der Waals surface area contributed by atoms with Crippen molar-refractivity contribution in [1.29, 1.82) is 15.8 Å². The van der Waals surface area contributed by atoms with Crippen LogP contribution in [-0.4, -0.2) is 15.0 Å². The maximum Gasteiger partial charge on any atom is 0.416 e. The van der Waals surface area contributed by atoms with Crippen LogP contribution in [-0.2, 0) is 12.4 Å². The van der Waals surface area contributed by atoms with Gasteiger partial charge in [0.05, 0.1) is 68.1 Å². The summed E-state index contributed by atoms with van der Waals surface area (Å²) in [6.45, 7) is 0. The van der Waals surface area contributed by atoms with Crippen LogP contribution >= 0.6 is 0 Å². The van der Waals surface area contributed by atoms with Gasteiger partial charge in [-0.1, -0.05) is 66.7 Å². The predicted molar refractivity (Wildman–Crippen MR) is 198 cm³/mol. The first-order valence-electron chi connectivity index (χ1n) is 16.8. The van der Waals surface area contributed by atoms with Crippen molar-refractivity contribution in [2.24, 2.45) is 0 Å². The van der Waals surface area contributed by atoms with E-state index in [1.807, 2.05) is 0 Å². The third-order valence-corrected chi connectivity index (χ3v) is 9.38. The molecule has 0 unspecified atom stereocenters. The van der Waals surface area contributed by atoms with Gasteiger partial charge in [0.25, 0.3) is 0 Å². The summed E-state index contributed by atoms with van der Waals surface area (Å²) in [5, 5.41) is 30.9. The van der Waals surface area contributed by atoms with Gasteiger partial charge >= 0.3 is 12.4 Å². The molecule has 0 spiro atoms. The maximum atomic E-state index is 14.0. The largest absolute Gasteiger partial charge is 0.416 e. The van der Waals surface area contributed by atoms with E-state index < -0.39 is 23.5 Å². The molecular weight excluding hydrogens is 727 g/mol. The average Bonchev–Trinajstić information content (AvgIpc) is 3.21. The number of hydrogen-bond donors (Lipinski definition) is 0. The summed E-state index contributed by atoms with van der Waals surface area (Å²) >= 11 is 0. The van der Waals surface area contributed by atoms with Crippen LogP contribution < -0.4 is 0 Å². The number of benzene rings is 6. The Morgan fingerprint density at radius 2 is 0.964 bits per heavy atom. The third-order valence-electron chi connectivity index (χ3n) is 9.38. The fourth-order valence-electron chi connectivity index (χ4n) is 6.78. The van der Waals surface area contributed by atoms with Gasteiger partial charge in [0.15, 0.2) is 0 Å². The van der Waals surface area contributed by atoms with E-state index in [2.05, 4.69) is 18.2 Å². The summed E-state index contributed by atoms with van der Waals surface area (Å²) in [6, 6.07) is 35.8. The van der Waals surface area contributed by atoms with Crippen molar-refractivity contribution in [3.8, 4) is 63.1 Å². The van der Waals surface area contributed by atoms with Gasteiger partial charge < -0.3 is 0 Å². The van der Waals surface area contributed by atoms with Gasteiger partial charge in [0.2, 0.25) is 0 Å². The van der Waals surface area contributed by atoms with Gasteiger partial charge in [0, 0.05) is 32.8 Å². The van der Waals surface area contributed by atoms with Crippen molar-refractivity contribution >= 4 is 32.7 Å². The highest BCUT2D eigenvalue weighted by molar-refractivity contribution is 6.22. The van der Waals surface area contributed by atoms with Crippen LogP contribution in [0.3, 0.4) is 0 Å². The molecule has 268 valence electrons. The number of nitrogens with zero attached hydrogens (tertiary/aromatic N) is 6. The maximum absolute atomic E-state index is 14.0. The lowest BCUT2D eigenvalue weighted by Crippen LogP contribution is -2.11. The molecule has 0 bridgehead atoms. The van der Waals surface area contributed by atoms with Crippen LogP contribution in [0.25, 0.3) is 77.6 Å². The van der Waals surface area contributed by atoms with Crippen LogP contribution in [0.1, 0.15) is 27.8 Å². The first-order valence-corrected chi connectivity index (χ1v) is 16.8. The summed E-state index contributed by atoms with van der Waals surface area (Å²) < 4.78 is 84.0. The number of alkyl halides is 6. The number of rotatable bonds is 4. The van der Waals surface area contributed by atoms with Gasteiger partial charge in [-0.3, -0.25) is 0 Å². The van der Waals surface area contributed by atoms with E-state index in [9.17, 15) is 42.1 Å². The summed E-state index contributed by atoms with van der Waals surface area (Å²) in [5.74, 6) is 0. The van der Waals surface area contributed by atoms with Crippen molar-refractivity contribution in [3.63, 3.8) is 0 Å². The van der Waals surface area contributed by atoms with E-state index in [1.54, 1.807) is 91.0 Å². The normalized spacial score (nSPS) is 11.7. The summed E-state index contributed by atoms with van der Waals surface area (Å²) in [5.41, 5.74) is 0.990. The minimum atomic E-state index is -5.07. The van der Waals surface area contributed by atoms with Crippen LogP contribution in [0.2, 0.25) is 0 Å². The van der Waals surface area contributed by atoms with E-state index in [1.165, 1.54) is 12.1 Å². The quantitative estimate of drug-likeness (QED) is 0.131. The predicted octanol–water partition coefficient (Wildman–Crippen LogP) is 11.7. The zero-order chi connectivity index (χ0) is 39.4. The molecule has 6 nitrogen and oxygen atoms in total. The average molecular weight is 747 g/mol. The Balaban J connectivity index is 1.49. The molecule has 0 atom stereocenters. The van der Waals surface area contributed by atoms with E-state index in [-0.39, 0.29) is 45.0 Å². The van der Waals surface area contributed by atoms with Gasteiger partial charge in [-0.15, -0.1) is 0 Å². The lowest BCUT2D eigenvalue weighted by atomic mass is 9.90. The summed E-state index contributed by atoms with van der Waals surface area (Å²) in [4.78, 5) is 15.1. The monoisotopic (exact) mass is 746 g/mol. The second kappa shape index (κ2) is 13.3. The molecule has 2 heterocycles. The molecule has 0 aliphatic heterocycles. The van der Waals surface area contributed by atoms with E-state index >= 15 is 0 Å². The summed E-state index contributed by atoms with van der Waals surface area (Å²) in [6.07, 6.45) is -10.1. The molecule has 56 heavy (non-hydrogen) atoms. The molecule has 0 N–H and O–H groups in total. The highest BCUT2D eigenvalue weighted by Crippen LogP contribution is 2.44. The lowest BCUT2D eigenvalue weighted by molar-refractivity contribution is -0.143.